The molecule has 1 aliphatic heterocycles. The molecule has 6 nitrogen and oxygen atoms in total. The molecule has 0 aliphatic carbocycles. The zero-order valence-electron chi connectivity index (χ0n) is 12.0. The van der Waals surface area contributed by atoms with Crippen LogP contribution >= 0.6 is 0 Å². The van der Waals surface area contributed by atoms with Gasteiger partial charge in [-0.05, 0) is 13.0 Å². The topological polar surface area (TPSA) is 76.1 Å². The van der Waals surface area contributed by atoms with Crippen molar-refractivity contribution in [1.29, 1.82) is 0 Å². The Morgan fingerprint density at radius 1 is 1.43 bits per heavy atom. The number of anilines is 1. The fourth-order valence-electron chi connectivity index (χ4n) is 2.31. The predicted octanol–water partition coefficient (Wildman–Crippen LogP) is 0.944. The highest BCUT2D eigenvalue weighted by Gasteiger charge is 2.53. The van der Waals surface area contributed by atoms with Gasteiger partial charge in [0.1, 0.15) is 6.73 Å². The molecule has 0 fully saturated rings. The van der Waals surface area contributed by atoms with E-state index in [-0.39, 0.29) is 12.3 Å². The Bertz CT molecular complexity index is 597. The van der Waals surface area contributed by atoms with Crippen LogP contribution in [0.15, 0.2) is 36.4 Å². The predicted molar refractivity (Wildman–Crippen MR) is 75.5 cm³/mol. The monoisotopic (exact) mass is 291 g/mol. The third-order valence-corrected chi connectivity index (χ3v) is 3.43. The van der Waals surface area contributed by atoms with Crippen LogP contribution in [0, 0.1) is 0 Å². The van der Waals surface area contributed by atoms with E-state index in [9.17, 15) is 14.7 Å². The van der Waals surface area contributed by atoms with Gasteiger partial charge in [-0.3, -0.25) is 9.69 Å². The zero-order valence-corrected chi connectivity index (χ0v) is 12.0. The van der Waals surface area contributed by atoms with Crippen LogP contribution in [-0.2, 0) is 24.7 Å². The van der Waals surface area contributed by atoms with Gasteiger partial charge in [0.25, 0.3) is 5.91 Å². The molecule has 1 amide bonds. The molecule has 1 aromatic carbocycles. The molecule has 0 aromatic heterocycles. The Hall–Kier alpha value is -2.18. The summed E-state index contributed by atoms with van der Waals surface area (Å²) in [5.74, 6) is -1.51. The second kappa shape index (κ2) is 5.67. The van der Waals surface area contributed by atoms with Gasteiger partial charge in [-0.1, -0.05) is 24.8 Å². The second-order valence-electron chi connectivity index (χ2n) is 4.55. The van der Waals surface area contributed by atoms with Crippen molar-refractivity contribution < 1.29 is 24.2 Å². The van der Waals surface area contributed by atoms with Crippen LogP contribution in [0.25, 0.3) is 0 Å². The number of fused-ring (bicyclic) bond motifs is 1. The first-order valence-electron chi connectivity index (χ1n) is 6.47. The van der Waals surface area contributed by atoms with Crippen LogP contribution < -0.4 is 4.90 Å². The number of aliphatic hydroxyl groups is 1. The number of hydrogen-bond donors (Lipinski definition) is 1. The molecule has 0 radical (unpaired) electrons. The Kier molecular flexibility index (Phi) is 4.11. The highest BCUT2D eigenvalue weighted by atomic mass is 16.5. The molecule has 1 heterocycles. The number of nitrogens with zero attached hydrogens (tertiary/aromatic N) is 1. The van der Waals surface area contributed by atoms with E-state index in [1.165, 1.54) is 12.0 Å². The minimum atomic E-state index is -2.12. The molecule has 0 bridgehead atoms. The van der Waals surface area contributed by atoms with Gasteiger partial charge in [-0.25, -0.2) is 4.79 Å². The van der Waals surface area contributed by atoms with E-state index in [1.54, 1.807) is 31.2 Å². The fourth-order valence-corrected chi connectivity index (χ4v) is 2.31. The van der Waals surface area contributed by atoms with Gasteiger partial charge in [0.2, 0.25) is 5.60 Å². The summed E-state index contributed by atoms with van der Waals surface area (Å²) in [5, 5.41) is 10.8. The number of carbonyl (C=O) groups is 2. The van der Waals surface area contributed by atoms with E-state index in [4.69, 9.17) is 4.74 Å². The quantitative estimate of drug-likeness (QED) is 0.645. The molecule has 1 aromatic rings. The molecule has 1 atom stereocenters. The van der Waals surface area contributed by atoms with Gasteiger partial charge in [-0.15, -0.1) is 0 Å². The zero-order chi connectivity index (χ0) is 15.6. The number of ether oxygens (including phenoxy) is 2. The van der Waals surface area contributed by atoms with Crippen LogP contribution in [0.3, 0.4) is 0 Å². The first-order valence-corrected chi connectivity index (χ1v) is 6.47. The third-order valence-electron chi connectivity index (χ3n) is 3.43. The Balaban J connectivity index is 2.51. The largest absolute Gasteiger partial charge is 0.466 e. The van der Waals surface area contributed by atoms with Gasteiger partial charge < -0.3 is 14.6 Å². The lowest BCUT2D eigenvalue weighted by Gasteiger charge is -2.23. The summed E-state index contributed by atoms with van der Waals surface area (Å²) in [6.45, 7) is 5.74. The lowest BCUT2D eigenvalue weighted by atomic mass is 9.88. The minimum absolute atomic E-state index is 0.0108. The van der Waals surface area contributed by atoms with E-state index in [1.807, 2.05) is 0 Å². The number of esters is 1. The van der Waals surface area contributed by atoms with Crippen LogP contribution in [0.1, 0.15) is 12.5 Å². The lowest BCUT2D eigenvalue weighted by molar-refractivity contribution is -0.144. The highest BCUT2D eigenvalue weighted by molar-refractivity contribution is 6.13. The number of para-hydroxylation sites is 1. The third kappa shape index (κ3) is 2.22. The number of hydrogen-bond acceptors (Lipinski definition) is 5. The summed E-state index contributed by atoms with van der Waals surface area (Å²) in [6, 6.07) is 6.66. The van der Waals surface area contributed by atoms with Gasteiger partial charge in [0.15, 0.2) is 0 Å². The van der Waals surface area contributed by atoms with Gasteiger partial charge in [0.05, 0.1) is 18.4 Å². The molecular weight excluding hydrogens is 274 g/mol. The van der Waals surface area contributed by atoms with Crippen molar-refractivity contribution in [3.05, 3.63) is 42.0 Å². The molecule has 6 heteroatoms. The summed E-state index contributed by atoms with van der Waals surface area (Å²) in [4.78, 5) is 25.6. The van der Waals surface area contributed by atoms with Crippen molar-refractivity contribution >= 4 is 17.6 Å². The molecule has 0 saturated heterocycles. The summed E-state index contributed by atoms with van der Waals surface area (Å²) in [5.41, 5.74) is -1.66. The normalized spacial score (nSPS) is 20.3. The maximum Gasteiger partial charge on any atom is 0.336 e. The van der Waals surface area contributed by atoms with Crippen molar-refractivity contribution in [2.75, 3.05) is 25.3 Å². The number of amides is 1. The maximum absolute atomic E-state index is 12.6. The average molecular weight is 291 g/mol. The molecular formula is C15H17NO5. The molecule has 1 unspecified atom stereocenters. The van der Waals surface area contributed by atoms with Crippen LogP contribution in [-0.4, -0.2) is 37.4 Å². The highest BCUT2D eigenvalue weighted by Crippen LogP contribution is 2.44. The van der Waals surface area contributed by atoms with Crippen molar-refractivity contribution in [3.8, 4) is 0 Å². The van der Waals surface area contributed by atoms with E-state index in [0.717, 1.165) is 0 Å². The Morgan fingerprint density at radius 3 is 2.71 bits per heavy atom. The SMILES string of the molecule is C=C(C(=O)OC)C1(O)C(=O)N(COCC)c2ccccc21. The smallest absolute Gasteiger partial charge is 0.336 e. The Labute approximate surface area is 122 Å². The summed E-state index contributed by atoms with van der Waals surface area (Å²) >= 11 is 0. The summed E-state index contributed by atoms with van der Waals surface area (Å²) < 4.78 is 9.82. The number of benzene rings is 1. The van der Waals surface area contributed by atoms with Gasteiger partial charge in [-0.2, -0.15) is 0 Å². The van der Waals surface area contributed by atoms with Gasteiger partial charge >= 0.3 is 5.97 Å². The maximum atomic E-state index is 12.6. The van der Waals surface area contributed by atoms with Crippen LogP contribution in [0.2, 0.25) is 0 Å². The van der Waals surface area contributed by atoms with Crippen molar-refractivity contribution in [1.82, 2.24) is 0 Å². The van der Waals surface area contributed by atoms with Crippen molar-refractivity contribution in [3.63, 3.8) is 0 Å². The molecule has 0 spiro atoms. The first kappa shape index (κ1) is 15.2. The molecule has 1 N–H and O–H groups in total. The average Bonchev–Trinajstić information content (AvgIpc) is 2.73. The van der Waals surface area contributed by atoms with Crippen LogP contribution in [0.5, 0.6) is 0 Å². The molecule has 21 heavy (non-hydrogen) atoms. The van der Waals surface area contributed by atoms with E-state index < -0.39 is 17.5 Å². The van der Waals surface area contributed by atoms with E-state index in [0.29, 0.717) is 17.9 Å². The van der Waals surface area contributed by atoms with Crippen LogP contribution in [0.4, 0.5) is 5.69 Å². The fraction of sp³-hybridized carbons (Fsp3) is 0.333. The Morgan fingerprint density at radius 2 is 2.10 bits per heavy atom. The van der Waals surface area contributed by atoms with E-state index >= 15 is 0 Å². The minimum Gasteiger partial charge on any atom is -0.466 e. The molecule has 1 aliphatic rings. The van der Waals surface area contributed by atoms with E-state index in [2.05, 4.69) is 11.3 Å². The molecule has 0 saturated carbocycles. The molecule has 2 rings (SSSR count). The summed E-state index contributed by atoms with van der Waals surface area (Å²) in [6.07, 6.45) is 0. The number of methoxy groups -OCH3 is 1. The number of rotatable bonds is 5. The standard InChI is InChI=1S/C15H17NO5/c1-4-21-9-16-12-8-6-5-7-11(12)15(19,14(16)18)10(2)13(17)20-3/h5-8,19H,2,4,9H2,1,3H3. The first-order chi connectivity index (χ1) is 9.98. The summed E-state index contributed by atoms with van der Waals surface area (Å²) in [7, 11) is 1.17. The second-order valence-corrected chi connectivity index (χ2v) is 4.55. The van der Waals surface area contributed by atoms with Gasteiger partial charge in [0, 0.05) is 12.2 Å². The van der Waals surface area contributed by atoms with Crippen molar-refractivity contribution in [2.24, 2.45) is 0 Å². The van der Waals surface area contributed by atoms with Crippen molar-refractivity contribution in [2.45, 2.75) is 12.5 Å². The number of carbonyl (C=O) groups excluding carboxylic acids is 2. The lowest BCUT2D eigenvalue weighted by Crippen LogP contribution is -2.44. The molecule has 112 valence electrons.